The Bertz CT molecular complexity index is 1080. The number of carbonyl (C=O) groups is 1. The van der Waals surface area contributed by atoms with Crippen LogP contribution in [0, 0.1) is 29.8 Å². The van der Waals surface area contributed by atoms with Crippen LogP contribution in [-0.4, -0.2) is 30.4 Å². The van der Waals surface area contributed by atoms with Gasteiger partial charge in [0.05, 0.1) is 11.5 Å². The highest BCUT2D eigenvalue weighted by Crippen LogP contribution is 2.20. The van der Waals surface area contributed by atoms with Gasteiger partial charge in [0.25, 0.3) is 0 Å². The molecule has 1 amide bonds. The Morgan fingerprint density at radius 2 is 2.07 bits per heavy atom. The molecule has 1 aromatic carbocycles. The van der Waals surface area contributed by atoms with Crippen molar-refractivity contribution in [1.82, 2.24) is 19.6 Å². The van der Waals surface area contributed by atoms with E-state index in [-0.39, 0.29) is 24.6 Å². The third-order valence-corrected chi connectivity index (χ3v) is 4.62. The number of nitrogens with zero attached hydrogens (tertiary/aromatic N) is 5. The second kappa shape index (κ2) is 8.39. The maximum absolute atomic E-state index is 13.2. The summed E-state index contributed by atoms with van der Waals surface area (Å²) < 4.78 is 16.2. The number of hydrogen-bond donors (Lipinski definition) is 1. The lowest BCUT2D eigenvalue weighted by Crippen LogP contribution is -2.15. The Labute approximate surface area is 170 Å². The van der Waals surface area contributed by atoms with Crippen LogP contribution < -0.4 is 5.32 Å². The Balaban J connectivity index is 1.60. The lowest BCUT2D eigenvalue weighted by atomic mass is 10.2. The predicted octanol–water partition coefficient (Wildman–Crippen LogP) is 3.47. The first-order valence-corrected chi connectivity index (χ1v) is 9.07. The first-order chi connectivity index (χ1) is 13.7. The maximum Gasteiger partial charge on any atom is 0.309 e. The monoisotopic (exact) mass is 420 g/mol. The van der Waals surface area contributed by atoms with Gasteiger partial charge in [-0.05, 0) is 31.5 Å². The number of rotatable bonds is 7. The fraction of sp³-hybridized carbons (Fsp3) is 0.278. The summed E-state index contributed by atoms with van der Waals surface area (Å²) in [5, 5.41) is 22.2. The minimum atomic E-state index is -0.512. The van der Waals surface area contributed by atoms with E-state index in [2.05, 4.69) is 15.5 Å². The second-order valence-corrected chi connectivity index (χ2v) is 6.89. The molecule has 0 aliphatic rings. The molecule has 0 saturated heterocycles. The van der Waals surface area contributed by atoms with E-state index in [1.165, 1.54) is 29.9 Å². The third-order valence-electron chi connectivity index (χ3n) is 4.27. The summed E-state index contributed by atoms with van der Waals surface area (Å²) in [5.41, 5.74) is 1.70. The molecule has 0 fully saturated rings. The Morgan fingerprint density at radius 3 is 2.72 bits per heavy atom. The Kier molecular flexibility index (Phi) is 5.92. The standard InChI is InChI=1S/C18H18ClFN6O3/c1-11-7-17(23-25(11)9-13-3-4-14(20)8-15(13)19)21-18(27)5-6-24-10-16(26(28)29)12(2)22-24/h3-4,7-8,10H,5-6,9H2,1-2H3,(H,21,23,27). The van der Waals surface area contributed by atoms with Crippen LogP contribution >= 0.6 is 11.6 Å². The minimum Gasteiger partial charge on any atom is -0.309 e. The van der Waals surface area contributed by atoms with Gasteiger partial charge in [-0.2, -0.15) is 10.2 Å². The molecule has 0 saturated carbocycles. The number of benzene rings is 1. The van der Waals surface area contributed by atoms with Crippen molar-refractivity contribution in [2.45, 2.75) is 33.4 Å². The number of halogens is 2. The van der Waals surface area contributed by atoms with Gasteiger partial charge in [0.2, 0.25) is 5.91 Å². The van der Waals surface area contributed by atoms with Crippen molar-refractivity contribution in [2.24, 2.45) is 0 Å². The van der Waals surface area contributed by atoms with Crippen molar-refractivity contribution in [3.63, 3.8) is 0 Å². The van der Waals surface area contributed by atoms with Gasteiger partial charge >= 0.3 is 5.69 Å². The largest absolute Gasteiger partial charge is 0.309 e. The van der Waals surface area contributed by atoms with Gasteiger partial charge < -0.3 is 5.32 Å². The van der Waals surface area contributed by atoms with Gasteiger partial charge in [-0.15, -0.1) is 0 Å². The van der Waals surface area contributed by atoms with Gasteiger partial charge in [0.1, 0.15) is 17.7 Å². The molecule has 152 valence electrons. The minimum absolute atomic E-state index is 0.0774. The number of aryl methyl sites for hydroxylation is 3. The number of aromatic nitrogens is 4. The van der Waals surface area contributed by atoms with Crippen molar-refractivity contribution < 1.29 is 14.1 Å². The van der Waals surface area contributed by atoms with Crippen molar-refractivity contribution in [3.8, 4) is 0 Å². The Hall–Kier alpha value is -3.27. The summed E-state index contributed by atoms with van der Waals surface area (Å²) in [6, 6.07) is 5.85. The molecule has 0 spiro atoms. The van der Waals surface area contributed by atoms with E-state index in [9.17, 15) is 19.3 Å². The van der Waals surface area contributed by atoms with E-state index in [0.29, 0.717) is 28.6 Å². The molecule has 3 rings (SSSR count). The number of nitro groups is 1. The van der Waals surface area contributed by atoms with E-state index < -0.39 is 10.7 Å². The average Bonchev–Trinajstić information content (AvgIpc) is 3.18. The molecule has 0 aliphatic carbocycles. The zero-order valence-electron chi connectivity index (χ0n) is 15.7. The highest BCUT2D eigenvalue weighted by Gasteiger charge is 2.16. The van der Waals surface area contributed by atoms with Crippen molar-refractivity contribution in [3.05, 3.63) is 68.4 Å². The number of nitrogens with one attached hydrogen (secondary N) is 1. The normalized spacial score (nSPS) is 10.9. The Morgan fingerprint density at radius 1 is 1.31 bits per heavy atom. The van der Waals surface area contributed by atoms with E-state index in [1.807, 2.05) is 6.92 Å². The maximum atomic E-state index is 13.2. The van der Waals surface area contributed by atoms with Gasteiger partial charge in [-0.25, -0.2) is 4.39 Å². The highest BCUT2D eigenvalue weighted by atomic mass is 35.5. The molecule has 2 aromatic heterocycles. The molecular formula is C18H18ClFN6O3. The summed E-state index contributed by atoms with van der Waals surface area (Å²) in [4.78, 5) is 22.5. The molecule has 0 atom stereocenters. The lowest BCUT2D eigenvalue weighted by Gasteiger charge is -2.07. The van der Waals surface area contributed by atoms with Crippen molar-refractivity contribution >= 4 is 29.0 Å². The molecule has 0 aliphatic heterocycles. The molecular weight excluding hydrogens is 403 g/mol. The third kappa shape index (κ3) is 4.96. The van der Waals surface area contributed by atoms with Crippen LogP contribution in [-0.2, 0) is 17.9 Å². The summed E-state index contributed by atoms with van der Waals surface area (Å²) in [7, 11) is 0. The molecule has 0 bridgehead atoms. The first kappa shape index (κ1) is 20.5. The van der Waals surface area contributed by atoms with Gasteiger partial charge in [0, 0.05) is 29.7 Å². The molecule has 0 unspecified atom stereocenters. The second-order valence-electron chi connectivity index (χ2n) is 6.48. The lowest BCUT2D eigenvalue weighted by molar-refractivity contribution is -0.385. The van der Waals surface area contributed by atoms with Crippen LogP contribution in [0.5, 0.6) is 0 Å². The fourth-order valence-corrected chi connectivity index (χ4v) is 2.99. The van der Waals surface area contributed by atoms with E-state index in [4.69, 9.17) is 11.6 Å². The molecule has 1 N–H and O–H groups in total. The van der Waals surface area contributed by atoms with E-state index >= 15 is 0 Å². The van der Waals surface area contributed by atoms with Crippen molar-refractivity contribution in [1.29, 1.82) is 0 Å². The summed E-state index contributed by atoms with van der Waals surface area (Å²) >= 11 is 6.05. The molecule has 9 nitrogen and oxygen atoms in total. The van der Waals surface area contributed by atoms with Crippen molar-refractivity contribution in [2.75, 3.05) is 5.32 Å². The van der Waals surface area contributed by atoms with Gasteiger partial charge in [-0.3, -0.25) is 24.3 Å². The average molecular weight is 421 g/mol. The predicted molar refractivity (Wildman–Crippen MR) is 104 cm³/mol. The van der Waals surface area contributed by atoms with Crippen LogP contribution in [0.3, 0.4) is 0 Å². The van der Waals surface area contributed by atoms with Crippen LogP contribution in [0.25, 0.3) is 0 Å². The highest BCUT2D eigenvalue weighted by molar-refractivity contribution is 6.31. The van der Waals surface area contributed by atoms with Gasteiger partial charge in [-0.1, -0.05) is 17.7 Å². The summed E-state index contributed by atoms with van der Waals surface area (Å²) in [6.07, 6.45) is 1.38. The van der Waals surface area contributed by atoms with E-state index in [0.717, 1.165) is 5.69 Å². The molecule has 2 heterocycles. The number of amides is 1. The van der Waals surface area contributed by atoms with Crippen LogP contribution in [0.15, 0.2) is 30.5 Å². The number of carbonyl (C=O) groups excluding carboxylic acids is 1. The smallest absolute Gasteiger partial charge is 0.309 e. The SMILES string of the molecule is Cc1nn(CCC(=O)Nc2cc(C)n(Cc3ccc(F)cc3Cl)n2)cc1[N+](=O)[O-]. The molecule has 0 radical (unpaired) electrons. The molecule has 11 heteroatoms. The number of anilines is 1. The molecule has 3 aromatic rings. The van der Waals surface area contributed by atoms with Crippen LogP contribution in [0.2, 0.25) is 5.02 Å². The fourth-order valence-electron chi connectivity index (χ4n) is 2.77. The van der Waals surface area contributed by atoms with E-state index in [1.54, 1.807) is 16.8 Å². The zero-order valence-corrected chi connectivity index (χ0v) is 16.5. The zero-order chi connectivity index (χ0) is 21.1. The van der Waals surface area contributed by atoms with Gasteiger partial charge in [0.15, 0.2) is 5.82 Å². The van der Waals surface area contributed by atoms with Crippen LogP contribution in [0.4, 0.5) is 15.9 Å². The number of hydrogen-bond acceptors (Lipinski definition) is 5. The molecule has 29 heavy (non-hydrogen) atoms. The quantitative estimate of drug-likeness (QED) is 0.465. The van der Waals surface area contributed by atoms with Crippen LogP contribution in [0.1, 0.15) is 23.4 Å². The summed E-state index contributed by atoms with van der Waals surface area (Å²) in [6.45, 7) is 3.89. The summed E-state index contributed by atoms with van der Waals surface area (Å²) in [5.74, 6) is -0.347. The first-order valence-electron chi connectivity index (χ1n) is 8.69. The topological polar surface area (TPSA) is 108 Å².